The summed E-state index contributed by atoms with van der Waals surface area (Å²) in [7, 11) is 0. The zero-order valence-corrected chi connectivity index (χ0v) is 19.9. The van der Waals surface area contributed by atoms with Crippen LogP contribution in [-0.2, 0) is 0 Å². The average Bonchev–Trinajstić information content (AvgIpc) is 2.65. The second-order valence-electron chi connectivity index (χ2n) is 7.43. The van der Waals surface area contributed by atoms with E-state index in [1.807, 2.05) is 0 Å². The second kappa shape index (κ2) is 20.6. The predicted molar refractivity (Wildman–Crippen MR) is 125 cm³/mol. The molecule has 0 aliphatic heterocycles. The lowest BCUT2D eigenvalue weighted by atomic mass is 10.1. The lowest BCUT2D eigenvalue weighted by Gasteiger charge is -2.19. The Morgan fingerprint density at radius 2 is 1.00 bits per heavy atom. The minimum absolute atomic E-state index is 0. The third-order valence-corrected chi connectivity index (χ3v) is 5.35. The Labute approximate surface area is 176 Å². The number of halogens is 1. The molecule has 0 aromatic rings. The van der Waals surface area contributed by atoms with Gasteiger partial charge in [-0.1, -0.05) is 39.8 Å². The minimum Gasteiger partial charge on any atom is -0.311 e. The van der Waals surface area contributed by atoms with Crippen LogP contribution in [0.3, 0.4) is 0 Å². The number of nitrogens with one attached hydrogen (secondary N) is 2. The van der Waals surface area contributed by atoms with E-state index in [1.54, 1.807) is 0 Å². The Kier molecular flexibility index (Phi) is 22.2. The van der Waals surface area contributed by atoms with Crippen LogP contribution in [0.15, 0.2) is 12.2 Å². The van der Waals surface area contributed by atoms with E-state index in [-0.39, 0.29) is 12.4 Å². The largest absolute Gasteiger partial charge is 0.311 e. The summed E-state index contributed by atoms with van der Waals surface area (Å²) < 4.78 is 0. The molecule has 0 aliphatic rings. The van der Waals surface area contributed by atoms with Crippen molar-refractivity contribution >= 4 is 12.4 Å². The van der Waals surface area contributed by atoms with Gasteiger partial charge in [0.1, 0.15) is 0 Å². The highest BCUT2D eigenvalue weighted by Gasteiger charge is 2.04. The average molecular weight is 405 g/mol. The van der Waals surface area contributed by atoms with Crippen molar-refractivity contribution < 1.29 is 0 Å². The smallest absolute Gasteiger partial charge is 0.0137 e. The quantitative estimate of drug-likeness (QED) is 0.336. The van der Waals surface area contributed by atoms with Gasteiger partial charge < -0.3 is 20.4 Å². The summed E-state index contributed by atoms with van der Waals surface area (Å²) in [5, 5.41) is 7.20. The molecular formula is C22H49ClN4. The first-order valence-corrected chi connectivity index (χ1v) is 11.1. The first kappa shape index (κ1) is 29.1. The first-order chi connectivity index (χ1) is 12.6. The van der Waals surface area contributed by atoms with Crippen molar-refractivity contribution in [2.45, 2.75) is 79.3 Å². The summed E-state index contributed by atoms with van der Waals surface area (Å²) in [4.78, 5) is 5.00. The van der Waals surface area contributed by atoms with E-state index in [0.717, 1.165) is 13.1 Å². The van der Waals surface area contributed by atoms with Crippen molar-refractivity contribution in [3.05, 3.63) is 12.2 Å². The minimum atomic E-state index is 0. The number of rotatable bonds is 18. The molecule has 0 heterocycles. The summed E-state index contributed by atoms with van der Waals surface area (Å²) in [6.07, 6.45) is 9.60. The molecule has 0 amide bonds. The summed E-state index contributed by atoms with van der Waals surface area (Å²) in [5.41, 5.74) is 0. The van der Waals surface area contributed by atoms with E-state index in [1.165, 1.54) is 65.0 Å². The summed E-state index contributed by atoms with van der Waals surface area (Å²) in [5.74, 6) is 0. The molecule has 2 atom stereocenters. The molecule has 0 aromatic carbocycles. The molecular weight excluding hydrogens is 356 g/mol. The van der Waals surface area contributed by atoms with Crippen molar-refractivity contribution in [3.8, 4) is 0 Å². The fraction of sp³-hybridized carbons (Fsp3) is 0.909. The van der Waals surface area contributed by atoms with Crippen LogP contribution in [-0.4, -0.2) is 74.2 Å². The van der Waals surface area contributed by atoms with Crippen molar-refractivity contribution in [3.63, 3.8) is 0 Å². The fourth-order valence-electron chi connectivity index (χ4n) is 3.23. The molecule has 5 heteroatoms. The van der Waals surface area contributed by atoms with Crippen LogP contribution < -0.4 is 10.6 Å². The highest BCUT2D eigenvalue weighted by molar-refractivity contribution is 5.85. The van der Waals surface area contributed by atoms with Crippen LogP contribution >= 0.6 is 12.4 Å². The predicted octanol–water partition coefficient (Wildman–Crippen LogP) is 4.16. The molecule has 0 fully saturated rings. The maximum atomic E-state index is 3.60. The molecule has 0 radical (unpaired) electrons. The van der Waals surface area contributed by atoms with Crippen LogP contribution in [0.4, 0.5) is 0 Å². The molecule has 0 aromatic heterocycles. The first-order valence-electron chi connectivity index (χ1n) is 11.1. The highest BCUT2D eigenvalue weighted by Crippen LogP contribution is 2.00. The van der Waals surface area contributed by atoms with Gasteiger partial charge in [0.15, 0.2) is 0 Å². The Morgan fingerprint density at radius 3 is 1.30 bits per heavy atom. The lowest BCUT2D eigenvalue weighted by molar-refractivity contribution is 0.291. The van der Waals surface area contributed by atoms with Gasteiger partial charge in [-0.3, -0.25) is 0 Å². The van der Waals surface area contributed by atoms with Crippen molar-refractivity contribution in [1.82, 2.24) is 20.4 Å². The van der Waals surface area contributed by atoms with Crippen molar-refractivity contribution in [2.75, 3.05) is 52.4 Å². The third kappa shape index (κ3) is 17.7. The van der Waals surface area contributed by atoms with Gasteiger partial charge in [0.2, 0.25) is 0 Å². The Morgan fingerprint density at radius 1 is 0.667 bits per heavy atom. The van der Waals surface area contributed by atoms with Gasteiger partial charge >= 0.3 is 0 Å². The molecule has 2 N–H and O–H groups in total. The molecule has 0 saturated heterocycles. The Hall–Kier alpha value is -0.130. The van der Waals surface area contributed by atoms with Crippen LogP contribution in [0.2, 0.25) is 0 Å². The molecule has 2 unspecified atom stereocenters. The lowest BCUT2D eigenvalue weighted by Crippen LogP contribution is -2.30. The standard InChI is InChI=1S/C22H48N4.ClH/c1-7-25(8-2)19-13-15-21(5)23-17-11-12-18-24-22(6)16-14-20-26(9-3)10-4;/h11-12,21-24H,7-10,13-20H2,1-6H3;1H/b12-11+;. The molecule has 0 aliphatic carbocycles. The van der Waals surface area contributed by atoms with E-state index < -0.39 is 0 Å². The maximum Gasteiger partial charge on any atom is 0.0137 e. The van der Waals surface area contributed by atoms with Gasteiger partial charge in [0, 0.05) is 25.2 Å². The van der Waals surface area contributed by atoms with Gasteiger partial charge in [-0.25, -0.2) is 0 Å². The maximum absolute atomic E-state index is 3.60. The highest BCUT2D eigenvalue weighted by atomic mass is 35.5. The van der Waals surface area contributed by atoms with Gasteiger partial charge in [-0.2, -0.15) is 0 Å². The van der Waals surface area contributed by atoms with Crippen LogP contribution in [0.1, 0.15) is 67.2 Å². The molecule has 0 saturated carbocycles. The topological polar surface area (TPSA) is 30.5 Å². The molecule has 0 rings (SSSR count). The van der Waals surface area contributed by atoms with Crippen molar-refractivity contribution in [2.24, 2.45) is 0 Å². The van der Waals surface area contributed by atoms with Crippen LogP contribution in [0, 0.1) is 0 Å². The molecule has 164 valence electrons. The summed E-state index contributed by atoms with van der Waals surface area (Å²) in [6.45, 7) is 22.7. The van der Waals surface area contributed by atoms with E-state index in [9.17, 15) is 0 Å². The number of hydrogen-bond acceptors (Lipinski definition) is 4. The van der Waals surface area contributed by atoms with E-state index in [0.29, 0.717) is 12.1 Å². The van der Waals surface area contributed by atoms with E-state index in [4.69, 9.17) is 0 Å². The molecule has 4 nitrogen and oxygen atoms in total. The van der Waals surface area contributed by atoms with Crippen LogP contribution in [0.25, 0.3) is 0 Å². The van der Waals surface area contributed by atoms with Crippen molar-refractivity contribution in [1.29, 1.82) is 0 Å². The van der Waals surface area contributed by atoms with Crippen LogP contribution in [0.5, 0.6) is 0 Å². The summed E-state index contributed by atoms with van der Waals surface area (Å²) in [6, 6.07) is 1.20. The zero-order chi connectivity index (χ0) is 19.6. The SMILES string of the molecule is CCN(CC)CCCC(C)NC/C=C/CNC(C)CCCN(CC)CC.Cl. The Balaban J connectivity index is 0. The molecule has 0 spiro atoms. The number of hydrogen-bond donors (Lipinski definition) is 2. The monoisotopic (exact) mass is 404 g/mol. The number of nitrogens with zero attached hydrogens (tertiary/aromatic N) is 2. The summed E-state index contributed by atoms with van der Waals surface area (Å²) >= 11 is 0. The third-order valence-electron chi connectivity index (χ3n) is 5.35. The molecule has 27 heavy (non-hydrogen) atoms. The Bertz CT molecular complexity index is 287. The second-order valence-corrected chi connectivity index (χ2v) is 7.43. The fourth-order valence-corrected chi connectivity index (χ4v) is 3.23. The van der Waals surface area contributed by atoms with E-state index >= 15 is 0 Å². The van der Waals surface area contributed by atoms with Gasteiger partial charge in [-0.05, 0) is 78.8 Å². The van der Waals surface area contributed by atoms with Gasteiger partial charge in [0.05, 0.1) is 0 Å². The normalized spacial score (nSPS) is 14.1. The van der Waals surface area contributed by atoms with E-state index in [2.05, 4.69) is 74.1 Å². The zero-order valence-electron chi connectivity index (χ0n) is 19.1. The molecule has 0 bridgehead atoms. The van der Waals surface area contributed by atoms with Gasteiger partial charge in [-0.15, -0.1) is 12.4 Å². The van der Waals surface area contributed by atoms with Gasteiger partial charge in [0.25, 0.3) is 0 Å².